The van der Waals surface area contributed by atoms with Crippen LogP contribution in [0.3, 0.4) is 0 Å². The first-order chi connectivity index (χ1) is 13.6. The fourth-order valence-corrected chi connectivity index (χ4v) is 2.57. The van der Waals surface area contributed by atoms with E-state index in [-0.39, 0.29) is 36.3 Å². The van der Waals surface area contributed by atoms with Crippen molar-refractivity contribution in [3.05, 3.63) is 76.9 Å². The number of nitriles is 1. The Kier molecular flexibility index (Phi) is 8.15. The lowest BCUT2D eigenvalue weighted by atomic mass is 10.1. The highest BCUT2D eigenvalue weighted by Crippen LogP contribution is 2.19. The number of guanidine groups is 1. The molecule has 0 aliphatic heterocycles. The molecule has 29 heavy (non-hydrogen) atoms. The molecule has 0 radical (unpaired) electrons. The number of hydrogen-bond donors (Lipinski definition) is 2. The van der Waals surface area contributed by atoms with Crippen molar-refractivity contribution in [2.24, 2.45) is 4.99 Å². The van der Waals surface area contributed by atoms with Crippen LogP contribution in [-0.2, 0) is 13.1 Å². The average Bonchev–Trinajstić information content (AvgIpc) is 3.19. The van der Waals surface area contributed by atoms with Crippen LogP contribution in [-0.4, -0.2) is 18.0 Å². The highest BCUT2D eigenvalue weighted by molar-refractivity contribution is 14.0. The number of halogens is 2. The first kappa shape index (κ1) is 22.4. The van der Waals surface area contributed by atoms with Crippen molar-refractivity contribution in [1.29, 1.82) is 5.26 Å². The van der Waals surface area contributed by atoms with Gasteiger partial charge in [-0.25, -0.2) is 9.37 Å². The average molecular weight is 505 g/mol. The Bertz CT molecular complexity index is 1020. The lowest BCUT2D eigenvalue weighted by Gasteiger charge is -2.11. The Labute approximate surface area is 185 Å². The Hall–Kier alpha value is -2.93. The Morgan fingerprint density at radius 2 is 1.90 bits per heavy atom. The zero-order valence-corrected chi connectivity index (χ0v) is 18.4. The number of nitrogens with zero attached hydrogens (tertiary/aromatic N) is 3. The van der Waals surface area contributed by atoms with E-state index in [4.69, 9.17) is 9.68 Å². The second-order valence-electron chi connectivity index (χ2n) is 6.21. The molecular formula is C21H21FIN5O. The van der Waals surface area contributed by atoms with E-state index in [1.165, 1.54) is 23.8 Å². The highest BCUT2D eigenvalue weighted by Gasteiger charge is 2.08. The van der Waals surface area contributed by atoms with Gasteiger partial charge in [-0.05, 0) is 37.3 Å². The molecule has 6 nitrogen and oxygen atoms in total. The van der Waals surface area contributed by atoms with Gasteiger partial charge in [0.25, 0.3) is 0 Å². The smallest absolute Gasteiger partial charge is 0.226 e. The summed E-state index contributed by atoms with van der Waals surface area (Å²) in [7, 11) is 1.62. The summed E-state index contributed by atoms with van der Waals surface area (Å²) < 4.78 is 19.4. The maximum absolute atomic E-state index is 13.9. The van der Waals surface area contributed by atoms with Crippen molar-refractivity contribution < 1.29 is 8.81 Å². The summed E-state index contributed by atoms with van der Waals surface area (Å²) in [5, 5.41) is 15.1. The molecule has 3 rings (SSSR count). The van der Waals surface area contributed by atoms with E-state index in [1.54, 1.807) is 13.3 Å². The van der Waals surface area contributed by atoms with Gasteiger partial charge in [0.05, 0.1) is 23.9 Å². The number of hydrogen-bond acceptors (Lipinski definition) is 4. The van der Waals surface area contributed by atoms with Crippen molar-refractivity contribution >= 4 is 29.9 Å². The molecule has 8 heteroatoms. The molecule has 150 valence electrons. The Balaban J connectivity index is 0.00000300. The van der Waals surface area contributed by atoms with E-state index in [0.717, 1.165) is 11.3 Å². The van der Waals surface area contributed by atoms with Crippen molar-refractivity contribution in [2.75, 3.05) is 7.05 Å². The maximum atomic E-state index is 13.9. The van der Waals surface area contributed by atoms with Crippen LogP contribution in [0, 0.1) is 24.1 Å². The molecule has 0 amide bonds. The zero-order chi connectivity index (χ0) is 19.9. The van der Waals surface area contributed by atoms with E-state index in [2.05, 4.69) is 20.6 Å². The predicted molar refractivity (Wildman–Crippen MR) is 120 cm³/mol. The molecule has 0 spiro atoms. The summed E-state index contributed by atoms with van der Waals surface area (Å²) in [6.45, 7) is 2.62. The van der Waals surface area contributed by atoms with Crippen LogP contribution in [0.15, 0.2) is 58.1 Å². The molecule has 2 N–H and O–H groups in total. The molecule has 0 aliphatic carbocycles. The van der Waals surface area contributed by atoms with Gasteiger partial charge in [0, 0.05) is 24.7 Å². The lowest BCUT2D eigenvalue weighted by molar-refractivity contribution is 0.572. The van der Waals surface area contributed by atoms with Gasteiger partial charge in [0.2, 0.25) is 5.89 Å². The third-order valence-corrected chi connectivity index (χ3v) is 4.13. The van der Waals surface area contributed by atoms with E-state index in [0.29, 0.717) is 29.5 Å². The summed E-state index contributed by atoms with van der Waals surface area (Å²) in [6.07, 6.45) is 1.59. The Morgan fingerprint density at radius 1 is 1.17 bits per heavy atom. The second-order valence-corrected chi connectivity index (χ2v) is 6.21. The van der Waals surface area contributed by atoms with Crippen LogP contribution in [0.25, 0.3) is 11.5 Å². The molecule has 0 fully saturated rings. The largest absolute Gasteiger partial charge is 0.444 e. The minimum Gasteiger partial charge on any atom is -0.444 e. The minimum atomic E-state index is -0.374. The van der Waals surface area contributed by atoms with E-state index >= 15 is 0 Å². The van der Waals surface area contributed by atoms with Crippen molar-refractivity contribution in [3.8, 4) is 17.5 Å². The number of benzene rings is 2. The van der Waals surface area contributed by atoms with Gasteiger partial charge in [0.1, 0.15) is 12.1 Å². The molecule has 0 unspecified atom stereocenters. The first-order valence-corrected chi connectivity index (χ1v) is 8.73. The maximum Gasteiger partial charge on any atom is 0.226 e. The molecule has 0 aliphatic rings. The van der Waals surface area contributed by atoms with E-state index in [9.17, 15) is 4.39 Å². The lowest BCUT2D eigenvalue weighted by Crippen LogP contribution is -2.36. The van der Waals surface area contributed by atoms with Gasteiger partial charge in [0.15, 0.2) is 5.96 Å². The monoisotopic (exact) mass is 505 g/mol. The van der Waals surface area contributed by atoms with Crippen LogP contribution in [0.4, 0.5) is 4.39 Å². The van der Waals surface area contributed by atoms with Gasteiger partial charge in [-0.2, -0.15) is 5.26 Å². The number of aryl methyl sites for hydroxylation is 1. The zero-order valence-electron chi connectivity index (χ0n) is 16.1. The summed E-state index contributed by atoms with van der Waals surface area (Å²) in [4.78, 5) is 8.58. The first-order valence-electron chi connectivity index (χ1n) is 8.73. The van der Waals surface area contributed by atoms with Crippen molar-refractivity contribution in [2.45, 2.75) is 20.0 Å². The number of nitrogens with one attached hydrogen (secondary N) is 2. The number of aromatic nitrogens is 1. The van der Waals surface area contributed by atoms with Gasteiger partial charge in [-0.1, -0.05) is 17.7 Å². The third-order valence-electron chi connectivity index (χ3n) is 4.13. The minimum absolute atomic E-state index is 0. The van der Waals surface area contributed by atoms with Crippen LogP contribution < -0.4 is 10.6 Å². The number of rotatable bonds is 5. The fraction of sp³-hybridized carbons (Fsp3) is 0.190. The quantitative estimate of drug-likeness (QED) is 0.309. The molecule has 2 aromatic carbocycles. The van der Waals surface area contributed by atoms with Crippen LogP contribution >= 0.6 is 24.0 Å². The van der Waals surface area contributed by atoms with Crippen LogP contribution in [0.1, 0.15) is 22.4 Å². The van der Waals surface area contributed by atoms with E-state index < -0.39 is 0 Å². The number of aliphatic imine (C=N–C) groups is 1. The second kappa shape index (κ2) is 10.6. The van der Waals surface area contributed by atoms with Crippen molar-refractivity contribution in [1.82, 2.24) is 15.6 Å². The van der Waals surface area contributed by atoms with Crippen LogP contribution in [0.5, 0.6) is 0 Å². The highest BCUT2D eigenvalue weighted by atomic mass is 127. The third kappa shape index (κ3) is 6.02. The summed E-state index contributed by atoms with van der Waals surface area (Å²) >= 11 is 0. The van der Waals surface area contributed by atoms with Crippen LogP contribution in [0.2, 0.25) is 0 Å². The molecule has 0 bridgehead atoms. The molecule has 1 aromatic heterocycles. The molecule has 3 aromatic rings. The standard InChI is InChI=1S/C21H20FN5O.HI/c1-14-3-6-16(7-4-14)20-27-18(13-28-20)12-26-21(24-2)25-11-17-9-15(10-23)5-8-19(17)22;/h3-9,13H,11-12H2,1-2H3,(H2,24,25,26);1H. The molecule has 0 saturated carbocycles. The SMILES string of the molecule is CN=C(NCc1coc(-c2ccc(C)cc2)n1)NCc1cc(C#N)ccc1F.I. The summed E-state index contributed by atoms with van der Waals surface area (Å²) in [5.41, 5.74) is 3.60. The van der Waals surface area contributed by atoms with Gasteiger partial charge in [-0.3, -0.25) is 4.99 Å². The number of oxazole rings is 1. The Morgan fingerprint density at radius 3 is 2.59 bits per heavy atom. The normalized spacial score (nSPS) is 10.8. The van der Waals surface area contributed by atoms with Gasteiger partial charge >= 0.3 is 0 Å². The summed E-state index contributed by atoms with van der Waals surface area (Å²) in [5.74, 6) is 0.665. The van der Waals surface area contributed by atoms with E-state index in [1.807, 2.05) is 37.3 Å². The molecular weight excluding hydrogens is 484 g/mol. The topological polar surface area (TPSA) is 86.2 Å². The summed E-state index contributed by atoms with van der Waals surface area (Å²) in [6, 6.07) is 14.2. The van der Waals surface area contributed by atoms with Gasteiger partial charge < -0.3 is 15.1 Å². The predicted octanol–water partition coefficient (Wildman–Crippen LogP) is 4.14. The van der Waals surface area contributed by atoms with Gasteiger partial charge in [-0.15, -0.1) is 24.0 Å². The fourth-order valence-electron chi connectivity index (χ4n) is 2.57. The van der Waals surface area contributed by atoms with Crippen molar-refractivity contribution in [3.63, 3.8) is 0 Å². The molecule has 0 atom stereocenters. The molecule has 0 saturated heterocycles. The molecule has 1 heterocycles.